The van der Waals surface area contributed by atoms with Gasteiger partial charge in [-0.1, -0.05) is 0 Å². The molecule has 0 radical (unpaired) electrons. The molecule has 0 spiro atoms. The van der Waals surface area contributed by atoms with Crippen molar-refractivity contribution in [2.24, 2.45) is 0 Å². The number of nitrogens with one attached hydrogen (secondary N) is 2. The number of amides is 1. The lowest BCUT2D eigenvalue weighted by Crippen LogP contribution is -2.35. The molecule has 1 fully saturated rings. The molecule has 28 heavy (non-hydrogen) atoms. The normalized spacial score (nSPS) is 18.2. The maximum Gasteiger partial charge on any atom is 0.262 e. The Morgan fingerprint density at radius 1 is 1.11 bits per heavy atom. The molecule has 0 aromatic heterocycles. The summed E-state index contributed by atoms with van der Waals surface area (Å²) < 4.78 is 54.8. The van der Waals surface area contributed by atoms with Crippen molar-refractivity contribution in [2.75, 3.05) is 18.1 Å². The Balaban J connectivity index is 0.00000280. The van der Waals surface area contributed by atoms with Gasteiger partial charge in [0.25, 0.3) is 5.92 Å². The van der Waals surface area contributed by atoms with E-state index in [2.05, 4.69) is 10.6 Å². The first-order valence-corrected chi connectivity index (χ1v) is 10.0. The number of ether oxygens (including phenoxy) is 1. The van der Waals surface area contributed by atoms with Gasteiger partial charge in [0.1, 0.15) is 11.5 Å². The van der Waals surface area contributed by atoms with Crippen LogP contribution < -0.4 is 15.4 Å². The van der Waals surface area contributed by atoms with Gasteiger partial charge in [-0.2, -0.15) is 0 Å². The fourth-order valence-corrected chi connectivity index (χ4v) is 3.26. The monoisotopic (exact) mass is 432 g/mol. The van der Waals surface area contributed by atoms with Gasteiger partial charge in [-0.05, 0) is 48.5 Å². The van der Waals surface area contributed by atoms with Crippen LogP contribution >= 0.6 is 12.4 Å². The highest BCUT2D eigenvalue weighted by atomic mass is 35.5. The van der Waals surface area contributed by atoms with E-state index in [1.807, 2.05) is 0 Å². The first-order valence-electron chi connectivity index (χ1n) is 8.13. The fourth-order valence-electron chi connectivity index (χ4n) is 2.63. The average Bonchev–Trinajstić information content (AvgIpc) is 2.96. The lowest BCUT2D eigenvalue weighted by molar-refractivity contribution is -0.118. The number of benzene rings is 2. The van der Waals surface area contributed by atoms with Crippen molar-refractivity contribution < 1.29 is 26.7 Å². The predicted octanol–water partition coefficient (Wildman–Crippen LogP) is 3.24. The van der Waals surface area contributed by atoms with Crippen molar-refractivity contribution in [2.45, 2.75) is 23.3 Å². The molecule has 152 valence electrons. The summed E-state index contributed by atoms with van der Waals surface area (Å²) in [5.41, 5.74) is 0.455. The van der Waals surface area contributed by atoms with Gasteiger partial charge < -0.3 is 10.1 Å². The van der Waals surface area contributed by atoms with Crippen molar-refractivity contribution in [3.8, 4) is 11.5 Å². The second-order valence-electron chi connectivity index (χ2n) is 6.35. The van der Waals surface area contributed by atoms with Crippen LogP contribution in [0, 0.1) is 0 Å². The van der Waals surface area contributed by atoms with E-state index in [1.54, 1.807) is 24.3 Å². The third-order valence-electron chi connectivity index (χ3n) is 4.04. The molecule has 0 bridgehead atoms. The summed E-state index contributed by atoms with van der Waals surface area (Å²) in [7, 11) is -3.27. The van der Waals surface area contributed by atoms with Gasteiger partial charge in [0.15, 0.2) is 9.84 Å². The third-order valence-corrected chi connectivity index (χ3v) is 5.16. The summed E-state index contributed by atoms with van der Waals surface area (Å²) >= 11 is 0. The summed E-state index contributed by atoms with van der Waals surface area (Å²) in [6, 6.07) is 11.4. The second kappa shape index (κ2) is 8.42. The molecule has 10 heteroatoms. The number of anilines is 1. The third kappa shape index (κ3) is 5.63. The van der Waals surface area contributed by atoms with Gasteiger partial charge in [-0.3, -0.25) is 10.1 Å². The van der Waals surface area contributed by atoms with E-state index in [0.717, 1.165) is 6.26 Å². The Labute approximate surface area is 167 Å². The van der Waals surface area contributed by atoms with Gasteiger partial charge in [-0.25, -0.2) is 17.2 Å². The van der Waals surface area contributed by atoms with Crippen molar-refractivity contribution in [1.82, 2.24) is 5.32 Å². The molecule has 1 heterocycles. The number of carbonyl (C=O) groups is 1. The maximum atomic E-state index is 13.2. The Bertz CT molecular complexity index is 935. The SMILES string of the molecule is CS(=O)(=O)c1ccc(Oc2ccc(NC(=O)C3CC(F)(F)CN3)cc2)cc1.Cl. The van der Waals surface area contributed by atoms with E-state index in [4.69, 9.17) is 4.74 Å². The number of carbonyl (C=O) groups excluding carboxylic acids is 1. The van der Waals surface area contributed by atoms with Crippen LogP contribution in [0.3, 0.4) is 0 Å². The quantitative estimate of drug-likeness (QED) is 0.757. The minimum Gasteiger partial charge on any atom is -0.457 e. The molecule has 2 aromatic rings. The lowest BCUT2D eigenvalue weighted by Gasteiger charge is -2.12. The van der Waals surface area contributed by atoms with E-state index >= 15 is 0 Å². The van der Waals surface area contributed by atoms with Crippen LogP contribution in [0.25, 0.3) is 0 Å². The van der Waals surface area contributed by atoms with Crippen LogP contribution in [-0.4, -0.2) is 39.1 Å². The van der Waals surface area contributed by atoms with Crippen molar-refractivity contribution >= 4 is 33.8 Å². The molecule has 1 unspecified atom stereocenters. The fraction of sp³-hybridized carbons (Fsp3) is 0.278. The Morgan fingerprint density at radius 2 is 1.64 bits per heavy atom. The summed E-state index contributed by atoms with van der Waals surface area (Å²) in [6.45, 7) is -0.504. The Kier molecular flexibility index (Phi) is 6.63. The molecular formula is C18H19ClF2N2O4S. The standard InChI is InChI=1S/C18H18F2N2O4S.ClH/c1-27(24,25)15-8-6-14(7-9-15)26-13-4-2-12(3-5-13)22-17(23)16-10-18(19,20)11-21-16;/h2-9,16,21H,10-11H2,1H3,(H,22,23);1H. The first kappa shape index (κ1) is 22.1. The number of alkyl halides is 2. The smallest absolute Gasteiger partial charge is 0.262 e. The molecule has 6 nitrogen and oxygen atoms in total. The molecule has 1 aliphatic heterocycles. The zero-order valence-electron chi connectivity index (χ0n) is 14.8. The number of hydrogen-bond acceptors (Lipinski definition) is 5. The second-order valence-corrected chi connectivity index (χ2v) is 8.37. The molecule has 2 N–H and O–H groups in total. The van der Waals surface area contributed by atoms with Crippen molar-refractivity contribution in [3.05, 3.63) is 48.5 Å². The number of hydrogen-bond donors (Lipinski definition) is 2. The van der Waals surface area contributed by atoms with E-state index in [-0.39, 0.29) is 17.3 Å². The van der Waals surface area contributed by atoms with Crippen LogP contribution in [0.1, 0.15) is 6.42 Å². The summed E-state index contributed by atoms with van der Waals surface area (Å²) in [5, 5.41) is 5.08. The van der Waals surface area contributed by atoms with E-state index in [1.165, 1.54) is 24.3 Å². The molecule has 3 rings (SSSR count). The average molecular weight is 433 g/mol. The topological polar surface area (TPSA) is 84.5 Å². The van der Waals surface area contributed by atoms with E-state index in [0.29, 0.717) is 17.2 Å². The first-order chi connectivity index (χ1) is 12.6. The van der Waals surface area contributed by atoms with Crippen molar-refractivity contribution in [3.63, 3.8) is 0 Å². The van der Waals surface area contributed by atoms with Gasteiger partial charge >= 0.3 is 0 Å². The van der Waals surface area contributed by atoms with Gasteiger partial charge in [-0.15, -0.1) is 12.4 Å². The number of halogens is 3. The molecule has 2 aromatic carbocycles. The van der Waals surface area contributed by atoms with E-state index in [9.17, 15) is 22.0 Å². The highest BCUT2D eigenvalue weighted by Gasteiger charge is 2.42. The van der Waals surface area contributed by atoms with Crippen molar-refractivity contribution in [1.29, 1.82) is 0 Å². The summed E-state index contributed by atoms with van der Waals surface area (Å²) in [6.07, 6.45) is 0.599. The molecular weight excluding hydrogens is 414 g/mol. The van der Waals surface area contributed by atoms with Crippen LogP contribution in [0.5, 0.6) is 11.5 Å². The van der Waals surface area contributed by atoms with Crippen LogP contribution in [0.2, 0.25) is 0 Å². The van der Waals surface area contributed by atoms with Gasteiger partial charge in [0.05, 0.1) is 17.5 Å². The zero-order valence-corrected chi connectivity index (χ0v) is 16.4. The predicted molar refractivity (Wildman–Crippen MR) is 103 cm³/mol. The minimum absolute atomic E-state index is 0. The minimum atomic E-state index is -3.27. The molecule has 0 aliphatic carbocycles. The maximum absolute atomic E-state index is 13.2. The lowest BCUT2D eigenvalue weighted by atomic mass is 10.2. The molecule has 1 aliphatic rings. The largest absolute Gasteiger partial charge is 0.457 e. The zero-order chi connectivity index (χ0) is 19.7. The van der Waals surface area contributed by atoms with Crippen LogP contribution in [0.15, 0.2) is 53.4 Å². The number of sulfone groups is 1. The van der Waals surface area contributed by atoms with Gasteiger partial charge in [0, 0.05) is 18.4 Å². The highest BCUT2D eigenvalue weighted by Crippen LogP contribution is 2.27. The summed E-state index contributed by atoms with van der Waals surface area (Å²) in [4.78, 5) is 12.2. The molecule has 0 saturated carbocycles. The Hall–Kier alpha value is -2.23. The highest BCUT2D eigenvalue weighted by molar-refractivity contribution is 7.90. The molecule has 1 atom stereocenters. The molecule has 1 saturated heterocycles. The van der Waals surface area contributed by atoms with Crippen LogP contribution in [0.4, 0.5) is 14.5 Å². The van der Waals surface area contributed by atoms with E-state index < -0.39 is 40.7 Å². The summed E-state index contributed by atoms with van der Waals surface area (Å²) in [5.74, 6) is -2.45. The van der Waals surface area contributed by atoms with Gasteiger partial charge in [0.2, 0.25) is 5.91 Å². The molecule has 1 amide bonds. The van der Waals surface area contributed by atoms with Crippen LogP contribution in [-0.2, 0) is 14.6 Å². The Morgan fingerprint density at radius 3 is 2.11 bits per heavy atom. The number of rotatable bonds is 5.